The standard InChI is InChI=1S/C15H34OSi/c1-13(2,3)10-17(16,11-14(4,5)6)12-15(7,8)9/h16H,10-12H2,1-9H3. The van der Waals surface area contributed by atoms with Gasteiger partial charge in [-0.25, -0.2) is 0 Å². The molecule has 0 aromatic carbocycles. The molecule has 17 heavy (non-hydrogen) atoms. The zero-order valence-corrected chi connectivity index (χ0v) is 14.6. The molecule has 0 unspecified atom stereocenters. The van der Waals surface area contributed by atoms with E-state index in [1.54, 1.807) is 0 Å². The number of hydrogen-bond donors (Lipinski definition) is 1. The summed E-state index contributed by atoms with van der Waals surface area (Å²) in [6, 6.07) is 3.03. The normalized spacial score (nSPS) is 15.2. The van der Waals surface area contributed by atoms with Crippen molar-refractivity contribution in [2.75, 3.05) is 0 Å². The topological polar surface area (TPSA) is 20.2 Å². The third-order valence-electron chi connectivity index (χ3n) is 2.58. The van der Waals surface area contributed by atoms with Gasteiger partial charge in [-0.2, -0.15) is 0 Å². The highest BCUT2D eigenvalue weighted by Crippen LogP contribution is 2.41. The van der Waals surface area contributed by atoms with E-state index in [1.165, 1.54) is 0 Å². The lowest BCUT2D eigenvalue weighted by Crippen LogP contribution is -2.44. The van der Waals surface area contributed by atoms with Crippen molar-refractivity contribution in [1.29, 1.82) is 0 Å². The van der Waals surface area contributed by atoms with Crippen LogP contribution in [0, 0.1) is 16.2 Å². The van der Waals surface area contributed by atoms with Crippen molar-refractivity contribution in [3.05, 3.63) is 0 Å². The predicted octanol–water partition coefficient (Wildman–Crippen LogP) is 5.06. The molecule has 0 fully saturated rings. The Morgan fingerprint density at radius 3 is 0.882 bits per heavy atom. The molecule has 0 aliphatic carbocycles. The van der Waals surface area contributed by atoms with Crippen LogP contribution in [0.4, 0.5) is 0 Å². The van der Waals surface area contributed by atoms with E-state index in [0.717, 1.165) is 18.1 Å². The van der Waals surface area contributed by atoms with Gasteiger partial charge in [0.25, 0.3) is 0 Å². The minimum Gasteiger partial charge on any atom is -0.432 e. The van der Waals surface area contributed by atoms with Crippen LogP contribution in [0.25, 0.3) is 0 Å². The third-order valence-corrected chi connectivity index (χ3v) is 7.73. The van der Waals surface area contributed by atoms with E-state index in [1.807, 2.05) is 0 Å². The third kappa shape index (κ3) is 9.84. The fourth-order valence-corrected chi connectivity index (χ4v) is 9.45. The maximum Gasteiger partial charge on any atom is 0.190 e. The average Bonchev–Trinajstić information content (AvgIpc) is 1.65. The summed E-state index contributed by atoms with van der Waals surface area (Å²) in [6.45, 7) is 20.2. The highest BCUT2D eigenvalue weighted by molar-refractivity contribution is 6.73. The maximum atomic E-state index is 11.2. The fraction of sp³-hybridized carbons (Fsp3) is 1.00. The summed E-state index contributed by atoms with van der Waals surface area (Å²) in [5.74, 6) is 0. The molecule has 0 rings (SSSR count). The highest BCUT2D eigenvalue weighted by Gasteiger charge is 2.41. The van der Waals surface area contributed by atoms with Crippen molar-refractivity contribution in [1.82, 2.24) is 0 Å². The van der Waals surface area contributed by atoms with E-state index in [-0.39, 0.29) is 16.2 Å². The Labute approximate surface area is 110 Å². The van der Waals surface area contributed by atoms with Gasteiger partial charge in [0, 0.05) is 0 Å². The Bertz CT molecular complexity index is 196. The smallest absolute Gasteiger partial charge is 0.190 e. The summed E-state index contributed by atoms with van der Waals surface area (Å²) in [5, 5.41) is 0. The minimum absolute atomic E-state index is 0.234. The summed E-state index contributed by atoms with van der Waals surface area (Å²) in [5.41, 5.74) is 0.701. The molecule has 0 saturated carbocycles. The van der Waals surface area contributed by atoms with Gasteiger partial charge in [0.15, 0.2) is 8.32 Å². The summed E-state index contributed by atoms with van der Waals surface area (Å²) in [4.78, 5) is 11.2. The van der Waals surface area contributed by atoms with Gasteiger partial charge >= 0.3 is 0 Å². The van der Waals surface area contributed by atoms with Gasteiger partial charge in [-0.15, -0.1) is 0 Å². The van der Waals surface area contributed by atoms with Gasteiger partial charge in [-0.1, -0.05) is 62.3 Å². The second kappa shape index (κ2) is 5.04. The lowest BCUT2D eigenvalue weighted by Gasteiger charge is -2.40. The van der Waals surface area contributed by atoms with Gasteiger partial charge in [-0.05, 0) is 34.4 Å². The molecule has 0 amide bonds. The first-order chi connectivity index (χ1) is 7.12. The lowest BCUT2D eigenvalue weighted by atomic mass is 9.99. The van der Waals surface area contributed by atoms with Crippen LogP contribution in [-0.2, 0) is 0 Å². The van der Waals surface area contributed by atoms with E-state index >= 15 is 0 Å². The van der Waals surface area contributed by atoms with Crippen molar-refractivity contribution in [3.63, 3.8) is 0 Å². The van der Waals surface area contributed by atoms with Crippen molar-refractivity contribution in [2.45, 2.75) is 80.4 Å². The van der Waals surface area contributed by atoms with Gasteiger partial charge in [0.2, 0.25) is 0 Å². The largest absolute Gasteiger partial charge is 0.432 e. The van der Waals surface area contributed by atoms with Crippen LogP contribution in [0.15, 0.2) is 0 Å². The average molecular weight is 259 g/mol. The van der Waals surface area contributed by atoms with Crippen LogP contribution >= 0.6 is 0 Å². The zero-order valence-electron chi connectivity index (χ0n) is 13.6. The van der Waals surface area contributed by atoms with Crippen molar-refractivity contribution in [2.24, 2.45) is 16.2 Å². The van der Waals surface area contributed by atoms with Crippen LogP contribution in [-0.4, -0.2) is 13.1 Å². The van der Waals surface area contributed by atoms with Gasteiger partial charge < -0.3 is 4.80 Å². The molecular formula is C15H34OSi. The second-order valence-electron chi connectivity index (χ2n) is 9.44. The van der Waals surface area contributed by atoms with Crippen LogP contribution in [0.2, 0.25) is 18.1 Å². The monoisotopic (exact) mass is 258 g/mol. The Morgan fingerprint density at radius 2 is 0.765 bits per heavy atom. The molecule has 0 aliphatic heterocycles. The quantitative estimate of drug-likeness (QED) is 0.701. The first-order valence-corrected chi connectivity index (χ1v) is 9.41. The van der Waals surface area contributed by atoms with E-state index in [9.17, 15) is 4.80 Å². The molecule has 1 N–H and O–H groups in total. The number of hydrogen-bond acceptors (Lipinski definition) is 1. The van der Waals surface area contributed by atoms with Gasteiger partial charge in [0.1, 0.15) is 0 Å². The fourth-order valence-electron chi connectivity index (χ4n) is 3.15. The molecule has 0 saturated heterocycles. The van der Waals surface area contributed by atoms with Crippen LogP contribution in [0.1, 0.15) is 62.3 Å². The lowest BCUT2D eigenvalue weighted by molar-refractivity contribution is 0.350. The molecule has 0 radical (unpaired) electrons. The molecule has 0 spiro atoms. The molecule has 2 heteroatoms. The summed E-state index contributed by atoms with van der Waals surface area (Å²) in [6.07, 6.45) is 0. The van der Waals surface area contributed by atoms with Crippen LogP contribution in [0.3, 0.4) is 0 Å². The predicted molar refractivity (Wildman–Crippen MR) is 80.8 cm³/mol. The van der Waals surface area contributed by atoms with E-state index < -0.39 is 8.32 Å². The minimum atomic E-state index is -2.16. The number of rotatable bonds is 3. The van der Waals surface area contributed by atoms with Gasteiger partial charge in [-0.3, -0.25) is 0 Å². The first kappa shape index (κ1) is 17.2. The zero-order chi connectivity index (χ0) is 14.1. The Hall–Kier alpha value is 0.177. The maximum absolute atomic E-state index is 11.2. The van der Waals surface area contributed by atoms with Crippen molar-refractivity contribution >= 4 is 8.32 Å². The molecular weight excluding hydrogens is 224 g/mol. The van der Waals surface area contributed by atoms with Crippen LogP contribution in [0.5, 0.6) is 0 Å². The molecule has 1 nitrogen and oxygen atoms in total. The molecule has 104 valence electrons. The Morgan fingerprint density at radius 1 is 0.588 bits per heavy atom. The van der Waals surface area contributed by atoms with Crippen molar-refractivity contribution in [3.8, 4) is 0 Å². The van der Waals surface area contributed by atoms with E-state index in [2.05, 4.69) is 62.3 Å². The summed E-state index contributed by atoms with van der Waals surface area (Å²) in [7, 11) is -2.16. The molecule has 0 bridgehead atoms. The first-order valence-electron chi connectivity index (χ1n) is 6.84. The molecule has 0 aromatic rings. The Balaban J connectivity index is 4.95. The summed E-state index contributed by atoms with van der Waals surface area (Å²) >= 11 is 0. The summed E-state index contributed by atoms with van der Waals surface area (Å²) < 4.78 is 0. The molecule has 0 aromatic heterocycles. The SMILES string of the molecule is CC(C)(C)C[Si](O)(CC(C)(C)C)CC(C)(C)C. The van der Waals surface area contributed by atoms with Crippen LogP contribution < -0.4 is 0 Å². The second-order valence-corrected chi connectivity index (χ2v) is 12.9. The van der Waals surface area contributed by atoms with Crippen molar-refractivity contribution < 1.29 is 4.80 Å². The highest BCUT2D eigenvalue weighted by atomic mass is 28.4. The Kier molecular flexibility index (Phi) is 5.10. The van der Waals surface area contributed by atoms with Gasteiger partial charge in [0.05, 0.1) is 0 Å². The molecule has 0 aliphatic rings. The molecule has 0 heterocycles. The van der Waals surface area contributed by atoms with E-state index in [0.29, 0.717) is 0 Å². The van der Waals surface area contributed by atoms with E-state index in [4.69, 9.17) is 0 Å². The molecule has 0 atom stereocenters.